The second kappa shape index (κ2) is 5.52. The van der Waals surface area contributed by atoms with E-state index >= 15 is 0 Å². The van der Waals surface area contributed by atoms with E-state index in [1.165, 1.54) is 0 Å². The maximum Gasteiger partial charge on any atom is 0.162 e. The molecule has 2 N–H and O–H groups in total. The smallest absolute Gasteiger partial charge is 0.162 e. The van der Waals surface area contributed by atoms with Crippen LogP contribution in [-0.4, -0.2) is 16.8 Å². The number of furan rings is 1. The minimum Gasteiger partial charge on any atom is -0.462 e. The zero-order valence-electron chi connectivity index (χ0n) is 9.05. The molecule has 0 fully saturated rings. The molecule has 0 saturated heterocycles. The number of thiazole rings is 1. The fourth-order valence-electron chi connectivity index (χ4n) is 1.24. The Morgan fingerprint density at radius 2 is 2.50 bits per heavy atom. The van der Waals surface area contributed by atoms with Crippen molar-refractivity contribution in [2.75, 3.05) is 5.75 Å². The van der Waals surface area contributed by atoms with Gasteiger partial charge >= 0.3 is 0 Å². The van der Waals surface area contributed by atoms with E-state index in [1.807, 2.05) is 30.8 Å². The molecule has 0 aliphatic rings. The number of nitrogens with zero attached hydrogens (tertiary/aromatic N) is 1. The second-order valence-electron chi connectivity index (χ2n) is 3.61. The van der Waals surface area contributed by atoms with E-state index in [-0.39, 0.29) is 6.04 Å². The summed E-state index contributed by atoms with van der Waals surface area (Å²) < 4.78 is 5.30. The minimum absolute atomic E-state index is 0.244. The van der Waals surface area contributed by atoms with Gasteiger partial charge in [-0.3, -0.25) is 0 Å². The predicted octanol–water partition coefficient (Wildman–Crippen LogP) is 2.98. The Morgan fingerprint density at radius 3 is 3.19 bits per heavy atom. The van der Waals surface area contributed by atoms with Crippen LogP contribution < -0.4 is 5.73 Å². The van der Waals surface area contributed by atoms with E-state index in [2.05, 4.69) is 10.4 Å². The number of hydrogen-bond donors (Lipinski definition) is 1. The minimum atomic E-state index is 0.244. The zero-order valence-corrected chi connectivity index (χ0v) is 10.7. The van der Waals surface area contributed by atoms with Gasteiger partial charge in [0.15, 0.2) is 10.8 Å². The van der Waals surface area contributed by atoms with Gasteiger partial charge in [0.1, 0.15) is 0 Å². The van der Waals surface area contributed by atoms with Crippen molar-refractivity contribution in [3.63, 3.8) is 0 Å². The van der Waals surface area contributed by atoms with Crippen molar-refractivity contribution in [2.24, 2.45) is 5.73 Å². The molecule has 0 aromatic carbocycles. The molecule has 3 nitrogen and oxygen atoms in total. The van der Waals surface area contributed by atoms with E-state index in [9.17, 15) is 0 Å². The fraction of sp³-hybridized carbons (Fsp3) is 0.364. The van der Waals surface area contributed by atoms with Gasteiger partial charge in [-0.05, 0) is 19.1 Å². The van der Waals surface area contributed by atoms with E-state index in [0.29, 0.717) is 0 Å². The summed E-state index contributed by atoms with van der Waals surface area (Å²) >= 11 is 3.43. The summed E-state index contributed by atoms with van der Waals surface area (Å²) in [6.07, 6.45) is 1.67. The lowest BCUT2D eigenvalue weighted by molar-refractivity contribution is 0.581. The molecular formula is C11H14N2OS2. The molecule has 0 radical (unpaired) electrons. The third kappa shape index (κ3) is 3.10. The van der Waals surface area contributed by atoms with Gasteiger partial charge in [-0.15, -0.1) is 11.3 Å². The first-order chi connectivity index (χ1) is 7.75. The van der Waals surface area contributed by atoms with Crippen molar-refractivity contribution in [1.29, 1.82) is 0 Å². The van der Waals surface area contributed by atoms with Gasteiger partial charge in [-0.1, -0.05) is 0 Å². The summed E-state index contributed by atoms with van der Waals surface area (Å²) in [5, 5.41) is 3.02. The molecule has 0 spiro atoms. The first kappa shape index (κ1) is 11.7. The Balaban J connectivity index is 1.93. The van der Waals surface area contributed by atoms with E-state index < -0.39 is 0 Å². The maximum absolute atomic E-state index is 5.69. The number of aromatic nitrogens is 1. The molecule has 1 atom stereocenters. The third-order valence-electron chi connectivity index (χ3n) is 1.91. The van der Waals surface area contributed by atoms with Crippen molar-refractivity contribution in [3.05, 3.63) is 29.5 Å². The molecule has 0 amide bonds. The Morgan fingerprint density at radius 1 is 1.62 bits per heavy atom. The highest BCUT2D eigenvalue weighted by Gasteiger charge is 2.07. The summed E-state index contributed by atoms with van der Waals surface area (Å²) in [7, 11) is 0. The third-order valence-corrected chi connectivity index (χ3v) is 4.08. The number of nitrogens with two attached hydrogens (primary N) is 1. The lowest BCUT2D eigenvalue weighted by Crippen LogP contribution is -2.17. The first-order valence-electron chi connectivity index (χ1n) is 5.07. The van der Waals surface area contributed by atoms with Crippen LogP contribution in [0.4, 0.5) is 0 Å². The van der Waals surface area contributed by atoms with Gasteiger partial charge < -0.3 is 10.2 Å². The van der Waals surface area contributed by atoms with Crippen LogP contribution in [0.25, 0.3) is 10.8 Å². The Hall–Kier alpha value is -0.780. The van der Waals surface area contributed by atoms with Crippen LogP contribution >= 0.6 is 23.1 Å². The van der Waals surface area contributed by atoms with E-state index in [1.54, 1.807) is 17.6 Å². The molecule has 0 bridgehead atoms. The highest BCUT2D eigenvalue weighted by molar-refractivity contribution is 7.98. The van der Waals surface area contributed by atoms with Crippen molar-refractivity contribution in [2.45, 2.75) is 18.7 Å². The molecule has 5 heteroatoms. The van der Waals surface area contributed by atoms with Crippen LogP contribution in [0.2, 0.25) is 0 Å². The molecule has 2 rings (SSSR count). The topological polar surface area (TPSA) is 52.0 Å². The standard InChI is InChI=1S/C11H14N2OS2/c1-8(12)5-15-6-9-7-16-11(13-9)10-3-2-4-14-10/h2-4,7-8H,5-6,12H2,1H3. The quantitative estimate of drug-likeness (QED) is 0.891. The van der Waals surface area contributed by atoms with Crippen molar-refractivity contribution in [1.82, 2.24) is 4.98 Å². The largest absolute Gasteiger partial charge is 0.462 e. The van der Waals surface area contributed by atoms with Gasteiger partial charge in [0.25, 0.3) is 0 Å². The van der Waals surface area contributed by atoms with Crippen molar-refractivity contribution < 1.29 is 4.42 Å². The molecule has 16 heavy (non-hydrogen) atoms. The van der Waals surface area contributed by atoms with Crippen LogP contribution in [0.15, 0.2) is 28.2 Å². The van der Waals surface area contributed by atoms with Gasteiger partial charge in [0.2, 0.25) is 0 Å². The Kier molecular flexibility index (Phi) is 4.04. The Bertz CT molecular complexity index is 423. The Labute approximate surface area is 103 Å². The maximum atomic E-state index is 5.69. The average molecular weight is 254 g/mol. The second-order valence-corrected chi connectivity index (χ2v) is 5.50. The predicted molar refractivity (Wildman–Crippen MR) is 69.6 cm³/mol. The highest BCUT2D eigenvalue weighted by atomic mass is 32.2. The summed E-state index contributed by atoms with van der Waals surface area (Å²) in [4.78, 5) is 4.51. The SMILES string of the molecule is CC(N)CSCc1csc(-c2ccco2)n1. The summed E-state index contributed by atoms with van der Waals surface area (Å²) in [5.74, 6) is 2.72. The molecule has 2 aromatic rings. The molecular weight excluding hydrogens is 240 g/mol. The summed E-state index contributed by atoms with van der Waals surface area (Å²) in [5.41, 5.74) is 6.78. The molecule has 2 heterocycles. The molecule has 0 saturated carbocycles. The van der Waals surface area contributed by atoms with Gasteiger partial charge in [0, 0.05) is 22.9 Å². The van der Waals surface area contributed by atoms with E-state index in [0.717, 1.165) is 28.0 Å². The van der Waals surface area contributed by atoms with Gasteiger partial charge in [-0.25, -0.2) is 4.98 Å². The molecule has 0 aliphatic carbocycles. The fourth-order valence-corrected chi connectivity index (χ4v) is 2.97. The lowest BCUT2D eigenvalue weighted by Gasteiger charge is -2.01. The summed E-state index contributed by atoms with van der Waals surface area (Å²) in [6, 6.07) is 4.05. The van der Waals surface area contributed by atoms with Gasteiger partial charge in [0.05, 0.1) is 12.0 Å². The summed E-state index contributed by atoms with van der Waals surface area (Å²) in [6.45, 7) is 2.02. The first-order valence-corrected chi connectivity index (χ1v) is 7.11. The van der Waals surface area contributed by atoms with Crippen molar-refractivity contribution >= 4 is 23.1 Å². The normalized spacial score (nSPS) is 12.9. The monoisotopic (exact) mass is 254 g/mol. The number of rotatable bonds is 5. The van der Waals surface area contributed by atoms with Crippen LogP contribution in [-0.2, 0) is 5.75 Å². The van der Waals surface area contributed by atoms with E-state index in [4.69, 9.17) is 10.2 Å². The highest BCUT2D eigenvalue weighted by Crippen LogP contribution is 2.25. The number of hydrogen-bond acceptors (Lipinski definition) is 5. The van der Waals surface area contributed by atoms with Crippen LogP contribution in [0.5, 0.6) is 0 Å². The molecule has 2 aromatic heterocycles. The zero-order chi connectivity index (χ0) is 11.4. The molecule has 1 unspecified atom stereocenters. The van der Waals surface area contributed by atoms with Crippen LogP contribution in [0, 0.1) is 0 Å². The van der Waals surface area contributed by atoms with Gasteiger partial charge in [-0.2, -0.15) is 11.8 Å². The van der Waals surface area contributed by atoms with Crippen LogP contribution in [0.3, 0.4) is 0 Å². The number of thioether (sulfide) groups is 1. The average Bonchev–Trinajstić information content (AvgIpc) is 2.85. The lowest BCUT2D eigenvalue weighted by atomic mass is 10.4. The molecule has 0 aliphatic heterocycles. The molecule has 86 valence electrons. The van der Waals surface area contributed by atoms with Crippen LogP contribution in [0.1, 0.15) is 12.6 Å². The van der Waals surface area contributed by atoms with Crippen molar-refractivity contribution in [3.8, 4) is 10.8 Å².